The number of aryl methyl sites for hydroxylation is 1. The lowest BCUT2D eigenvalue weighted by atomic mass is 10.0. The van der Waals surface area contributed by atoms with Crippen LogP contribution in [-0.4, -0.2) is 5.11 Å². The van der Waals surface area contributed by atoms with Gasteiger partial charge in [-0.3, -0.25) is 0 Å². The van der Waals surface area contributed by atoms with Crippen molar-refractivity contribution >= 4 is 10.8 Å². The van der Waals surface area contributed by atoms with Crippen LogP contribution in [0.2, 0.25) is 0 Å². The van der Waals surface area contributed by atoms with Crippen molar-refractivity contribution in [1.82, 2.24) is 5.32 Å². The van der Waals surface area contributed by atoms with Gasteiger partial charge in [-0.05, 0) is 29.3 Å². The van der Waals surface area contributed by atoms with E-state index in [2.05, 4.69) is 48.6 Å². The van der Waals surface area contributed by atoms with Crippen LogP contribution in [0, 0.1) is 6.92 Å². The zero-order valence-electron chi connectivity index (χ0n) is 12.1. The maximum atomic E-state index is 10.1. The third-order valence-corrected chi connectivity index (χ3v) is 3.77. The Bertz CT molecular complexity index is 747. The topological polar surface area (TPSA) is 32.3 Å². The van der Waals surface area contributed by atoms with Crippen molar-refractivity contribution in [1.29, 1.82) is 0 Å². The maximum Gasteiger partial charge on any atom is 0.120 e. The van der Waals surface area contributed by atoms with Crippen molar-refractivity contribution in [3.05, 3.63) is 77.4 Å². The first kappa shape index (κ1) is 13.7. The molecule has 0 atom stereocenters. The number of benzene rings is 3. The molecule has 2 heteroatoms. The van der Waals surface area contributed by atoms with E-state index in [4.69, 9.17) is 0 Å². The minimum atomic E-state index is 0.352. The van der Waals surface area contributed by atoms with Gasteiger partial charge in [0, 0.05) is 18.7 Å². The van der Waals surface area contributed by atoms with Gasteiger partial charge in [0.25, 0.3) is 0 Å². The van der Waals surface area contributed by atoms with Gasteiger partial charge in [0.1, 0.15) is 5.75 Å². The summed E-state index contributed by atoms with van der Waals surface area (Å²) in [6, 6.07) is 20.4. The Morgan fingerprint density at radius 3 is 2.43 bits per heavy atom. The van der Waals surface area contributed by atoms with E-state index in [1.165, 1.54) is 11.1 Å². The molecule has 0 saturated carbocycles. The summed E-state index contributed by atoms with van der Waals surface area (Å²) in [5.41, 5.74) is 3.48. The number of fused-ring (bicyclic) bond motifs is 1. The van der Waals surface area contributed by atoms with E-state index in [1.54, 1.807) is 6.07 Å². The molecule has 3 rings (SSSR count). The molecule has 21 heavy (non-hydrogen) atoms. The normalized spacial score (nSPS) is 10.9. The summed E-state index contributed by atoms with van der Waals surface area (Å²) in [5.74, 6) is 0.352. The van der Waals surface area contributed by atoms with Gasteiger partial charge in [-0.15, -0.1) is 0 Å². The highest BCUT2D eigenvalue weighted by atomic mass is 16.3. The third-order valence-electron chi connectivity index (χ3n) is 3.77. The summed E-state index contributed by atoms with van der Waals surface area (Å²) in [4.78, 5) is 0. The lowest BCUT2D eigenvalue weighted by Gasteiger charge is -2.10. The Hall–Kier alpha value is -2.32. The highest BCUT2D eigenvalue weighted by molar-refractivity contribution is 5.87. The number of phenolic OH excluding ortho intramolecular Hbond substituents is 1. The molecule has 0 aliphatic carbocycles. The van der Waals surface area contributed by atoms with Crippen LogP contribution < -0.4 is 5.32 Å². The number of nitrogens with one attached hydrogen (secondary N) is 1. The van der Waals surface area contributed by atoms with Crippen LogP contribution in [0.25, 0.3) is 10.8 Å². The second-order valence-electron chi connectivity index (χ2n) is 5.37. The van der Waals surface area contributed by atoms with Crippen LogP contribution in [0.15, 0.2) is 60.7 Å². The quantitative estimate of drug-likeness (QED) is 0.751. The fraction of sp³-hybridized carbons (Fsp3) is 0.158. The molecular weight excluding hydrogens is 258 g/mol. The van der Waals surface area contributed by atoms with Crippen LogP contribution >= 0.6 is 0 Å². The molecule has 3 aromatic carbocycles. The largest absolute Gasteiger partial charge is 0.508 e. The van der Waals surface area contributed by atoms with E-state index in [9.17, 15) is 5.11 Å². The van der Waals surface area contributed by atoms with Crippen LogP contribution in [0.1, 0.15) is 16.7 Å². The summed E-state index contributed by atoms with van der Waals surface area (Å²) < 4.78 is 0. The highest BCUT2D eigenvalue weighted by Crippen LogP contribution is 2.26. The molecule has 0 fully saturated rings. The number of hydrogen-bond donors (Lipinski definition) is 2. The fourth-order valence-corrected chi connectivity index (χ4v) is 2.55. The molecule has 0 radical (unpaired) electrons. The molecule has 0 aromatic heterocycles. The molecule has 2 nitrogen and oxygen atoms in total. The standard InChI is InChI=1S/C19H19NO/c1-14-6-8-15(9-7-14)12-20-13-18-17-5-3-2-4-16(17)10-11-19(18)21/h2-11,20-21H,12-13H2,1H3. The van der Waals surface area contributed by atoms with E-state index in [1.807, 2.05) is 18.2 Å². The summed E-state index contributed by atoms with van der Waals surface area (Å²) >= 11 is 0. The second kappa shape index (κ2) is 5.98. The van der Waals surface area contributed by atoms with Crippen molar-refractivity contribution in [3.8, 4) is 5.75 Å². The average molecular weight is 277 g/mol. The summed E-state index contributed by atoms with van der Waals surface area (Å²) in [7, 11) is 0. The lowest BCUT2D eigenvalue weighted by Crippen LogP contribution is -2.13. The van der Waals surface area contributed by atoms with Crippen molar-refractivity contribution in [2.75, 3.05) is 0 Å². The van der Waals surface area contributed by atoms with Crippen LogP contribution in [-0.2, 0) is 13.1 Å². The van der Waals surface area contributed by atoms with E-state index in [0.717, 1.165) is 22.9 Å². The van der Waals surface area contributed by atoms with Gasteiger partial charge >= 0.3 is 0 Å². The molecule has 0 heterocycles. The predicted molar refractivity (Wildman–Crippen MR) is 87.3 cm³/mol. The zero-order valence-corrected chi connectivity index (χ0v) is 12.1. The number of aromatic hydroxyl groups is 1. The zero-order chi connectivity index (χ0) is 14.7. The smallest absolute Gasteiger partial charge is 0.120 e. The summed E-state index contributed by atoms with van der Waals surface area (Å²) in [6.07, 6.45) is 0. The van der Waals surface area contributed by atoms with Gasteiger partial charge < -0.3 is 10.4 Å². The van der Waals surface area contributed by atoms with E-state index in [-0.39, 0.29) is 0 Å². The summed E-state index contributed by atoms with van der Waals surface area (Å²) in [6.45, 7) is 3.54. The molecule has 2 N–H and O–H groups in total. The van der Waals surface area contributed by atoms with Gasteiger partial charge in [-0.2, -0.15) is 0 Å². The first-order valence-corrected chi connectivity index (χ1v) is 7.20. The third kappa shape index (κ3) is 3.06. The van der Waals surface area contributed by atoms with Gasteiger partial charge in [0.15, 0.2) is 0 Å². The predicted octanol–water partition coefficient (Wildman–Crippen LogP) is 4.14. The molecule has 0 unspecified atom stereocenters. The maximum absolute atomic E-state index is 10.1. The van der Waals surface area contributed by atoms with E-state index in [0.29, 0.717) is 12.3 Å². The molecule has 0 saturated heterocycles. The van der Waals surface area contributed by atoms with Crippen molar-refractivity contribution in [2.24, 2.45) is 0 Å². The molecule has 106 valence electrons. The van der Waals surface area contributed by atoms with Gasteiger partial charge in [-0.1, -0.05) is 60.2 Å². The Morgan fingerprint density at radius 1 is 0.857 bits per heavy atom. The Kier molecular flexibility index (Phi) is 3.89. The monoisotopic (exact) mass is 277 g/mol. The second-order valence-corrected chi connectivity index (χ2v) is 5.37. The number of hydrogen-bond acceptors (Lipinski definition) is 2. The fourth-order valence-electron chi connectivity index (χ4n) is 2.55. The Balaban J connectivity index is 1.76. The van der Waals surface area contributed by atoms with Crippen LogP contribution in [0.3, 0.4) is 0 Å². The minimum absolute atomic E-state index is 0.352. The van der Waals surface area contributed by atoms with E-state index < -0.39 is 0 Å². The lowest BCUT2D eigenvalue weighted by molar-refractivity contribution is 0.466. The van der Waals surface area contributed by atoms with Crippen molar-refractivity contribution < 1.29 is 5.11 Å². The first-order valence-electron chi connectivity index (χ1n) is 7.20. The number of rotatable bonds is 4. The van der Waals surface area contributed by atoms with Gasteiger partial charge in [-0.25, -0.2) is 0 Å². The Labute approximate surface area is 125 Å². The molecule has 0 bridgehead atoms. The van der Waals surface area contributed by atoms with Gasteiger partial charge in [0.2, 0.25) is 0 Å². The van der Waals surface area contributed by atoms with Crippen LogP contribution in [0.5, 0.6) is 5.75 Å². The first-order chi connectivity index (χ1) is 10.2. The Morgan fingerprint density at radius 2 is 1.62 bits per heavy atom. The average Bonchev–Trinajstić information content (AvgIpc) is 2.51. The number of phenols is 1. The molecule has 3 aromatic rings. The van der Waals surface area contributed by atoms with Gasteiger partial charge in [0.05, 0.1) is 0 Å². The SMILES string of the molecule is Cc1ccc(CNCc2c(O)ccc3ccccc23)cc1. The molecule has 0 spiro atoms. The van der Waals surface area contributed by atoms with Crippen molar-refractivity contribution in [2.45, 2.75) is 20.0 Å². The summed E-state index contributed by atoms with van der Waals surface area (Å²) in [5, 5.41) is 15.8. The molecule has 0 amide bonds. The van der Waals surface area contributed by atoms with E-state index >= 15 is 0 Å². The molecular formula is C19H19NO. The molecule has 0 aliphatic rings. The minimum Gasteiger partial charge on any atom is -0.508 e. The molecule has 0 aliphatic heterocycles. The van der Waals surface area contributed by atoms with Crippen molar-refractivity contribution in [3.63, 3.8) is 0 Å². The highest BCUT2D eigenvalue weighted by Gasteiger charge is 2.06. The van der Waals surface area contributed by atoms with Crippen LogP contribution in [0.4, 0.5) is 0 Å².